The first kappa shape index (κ1) is 22.9. The van der Waals surface area contributed by atoms with Gasteiger partial charge in [0.2, 0.25) is 10.0 Å². The van der Waals surface area contributed by atoms with Crippen LogP contribution in [-0.2, 0) is 10.0 Å². The molecule has 2 aromatic rings. The quantitative estimate of drug-likeness (QED) is 0.641. The Morgan fingerprint density at radius 1 is 1.03 bits per heavy atom. The zero-order valence-electron chi connectivity index (χ0n) is 17.4. The van der Waals surface area contributed by atoms with E-state index in [0.29, 0.717) is 12.3 Å². The van der Waals surface area contributed by atoms with Gasteiger partial charge in [0.1, 0.15) is 12.4 Å². The monoisotopic (exact) mass is 419 g/mol. The maximum atomic E-state index is 12.5. The minimum atomic E-state index is -3.60. The molecule has 0 spiro atoms. The third-order valence-electron chi connectivity index (χ3n) is 4.56. The van der Waals surface area contributed by atoms with Crippen molar-refractivity contribution in [3.63, 3.8) is 0 Å². The van der Waals surface area contributed by atoms with Crippen molar-refractivity contribution in [1.29, 1.82) is 0 Å². The van der Waals surface area contributed by atoms with Crippen molar-refractivity contribution in [2.45, 2.75) is 18.7 Å². The molecule has 0 heterocycles. The van der Waals surface area contributed by atoms with E-state index in [1.807, 2.05) is 0 Å². The van der Waals surface area contributed by atoms with E-state index in [9.17, 15) is 13.2 Å². The van der Waals surface area contributed by atoms with Gasteiger partial charge < -0.3 is 15.0 Å². The number of likely N-dealkylation sites (N-methyl/N-ethyl adjacent to an activating group) is 1. The summed E-state index contributed by atoms with van der Waals surface area (Å²) in [7, 11) is -0.693. The summed E-state index contributed by atoms with van der Waals surface area (Å²) in [6.07, 6.45) is 0. The number of nitrogens with zero attached hydrogens (tertiary/aromatic N) is 2. The molecule has 0 radical (unpaired) electrons. The van der Waals surface area contributed by atoms with Crippen LogP contribution in [0.3, 0.4) is 0 Å². The van der Waals surface area contributed by atoms with Crippen molar-refractivity contribution in [3.8, 4) is 5.75 Å². The van der Waals surface area contributed by atoms with Crippen LogP contribution in [0, 0.1) is 0 Å². The fraction of sp³-hybridized carbons (Fsp3) is 0.381. The van der Waals surface area contributed by atoms with E-state index >= 15 is 0 Å². The molecule has 0 aromatic heterocycles. The van der Waals surface area contributed by atoms with E-state index in [1.54, 1.807) is 36.4 Å². The number of ether oxygens (including phenoxy) is 1. The molecular weight excluding hydrogens is 390 g/mol. The van der Waals surface area contributed by atoms with Crippen molar-refractivity contribution < 1.29 is 17.9 Å². The van der Waals surface area contributed by atoms with Gasteiger partial charge in [-0.15, -0.1) is 0 Å². The lowest BCUT2D eigenvalue weighted by Gasteiger charge is -2.18. The molecule has 0 atom stereocenters. The third-order valence-corrected chi connectivity index (χ3v) is 6.37. The van der Waals surface area contributed by atoms with Gasteiger partial charge in [0.25, 0.3) is 5.91 Å². The molecule has 0 aliphatic heterocycles. The number of rotatable bonds is 10. The lowest BCUT2D eigenvalue weighted by molar-refractivity contribution is 0.102. The largest absolute Gasteiger partial charge is 0.492 e. The fourth-order valence-electron chi connectivity index (χ4n) is 2.68. The molecule has 1 N–H and O–H groups in total. The standard InChI is InChI=1S/C21H29N3O4S/c1-5-24(6-2)14-15-28-19-12-10-18(11-13-19)22-21(25)17-8-7-9-20(16-17)29(26,27)23(3)4/h7-13,16H,5-6,14-15H2,1-4H3,(H,22,25). The molecule has 0 aliphatic carbocycles. The number of hydrogen-bond donors (Lipinski definition) is 1. The van der Waals surface area contributed by atoms with Crippen LogP contribution in [0.5, 0.6) is 5.75 Å². The Hall–Kier alpha value is -2.42. The summed E-state index contributed by atoms with van der Waals surface area (Å²) < 4.78 is 31.3. The Morgan fingerprint density at radius 2 is 1.69 bits per heavy atom. The smallest absolute Gasteiger partial charge is 0.255 e. The second-order valence-electron chi connectivity index (χ2n) is 6.67. The number of carbonyl (C=O) groups is 1. The van der Waals surface area contributed by atoms with Crippen LogP contribution in [0.15, 0.2) is 53.4 Å². The number of amides is 1. The highest BCUT2D eigenvalue weighted by atomic mass is 32.2. The highest BCUT2D eigenvalue weighted by Crippen LogP contribution is 2.18. The molecule has 0 fully saturated rings. The normalized spacial score (nSPS) is 11.7. The highest BCUT2D eigenvalue weighted by molar-refractivity contribution is 7.89. The minimum absolute atomic E-state index is 0.0760. The highest BCUT2D eigenvalue weighted by Gasteiger charge is 2.18. The molecule has 2 aromatic carbocycles. The summed E-state index contributed by atoms with van der Waals surface area (Å²) in [6, 6.07) is 13.1. The maximum absolute atomic E-state index is 12.5. The second-order valence-corrected chi connectivity index (χ2v) is 8.82. The van der Waals surface area contributed by atoms with Crippen molar-refractivity contribution in [2.24, 2.45) is 0 Å². The Kier molecular flexibility index (Phi) is 8.19. The predicted molar refractivity (Wildman–Crippen MR) is 115 cm³/mol. The van der Waals surface area contributed by atoms with Crippen molar-refractivity contribution >= 4 is 21.6 Å². The van der Waals surface area contributed by atoms with Gasteiger partial charge in [-0.1, -0.05) is 19.9 Å². The van der Waals surface area contributed by atoms with Gasteiger partial charge in [-0.25, -0.2) is 12.7 Å². The number of benzene rings is 2. The molecule has 1 amide bonds. The Balaban J connectivity index is 1.99. The zero-order chi connectivity index (χ0) is 21.4. The topological polar surface area (TPSA) is 79.0 Å². The van der Waals surface area contributed by atoms with Crippen molar-refractivity contribution in [1.82, 2.24) is 9.21 Å². The second kappa shape index (κ2) is 10.4. The first-order valence-corrected chi connectivity index (χ1v) is 11.0. The van der Waals surface area contributed by atoms with Gasteiger partial charge >= 0.3 is 0 Å². The molecule has 0 unspecified atom stereocenters. The first-order valence-electron chi connectivity index (χ1n) is 9.57. The van der Waals surface area contributed by atoms with Crippen molar-refractivity contribution in [3.05, 3.63) is 54.1 Å². The molecule has 0 saturated heterocycles. The van der Waals surface area contributed by atoms with Gasteiger partial charge in [-0.05, 0) is 55.6 Å². The number of anilines is 1. The zero-order valence-corrected chi connectivity index (χ0v) is 18.2. The van der Waals surface area contributed by atoms with Gasteiger partial charge in [-0.3, -0.25) is 4.79 Å². The molecule has 7 nitrogen and oxygen atoms in total. The van der Waals surface area contributed by atoms with Crippen LogP contribution in [0.25, 0.3) is 0 Å². The van der Waals surface area contributed by atoms with Crippen LogP contribution >= 0.6 is 0 Å². The van der Waals surface area contributed by atoms with Crippen LogP contribution in [0.1, 0.15) is 24.2 Å². The Morgan fingerprint density at radius 3 is 2.28 bits per heavy atom. The minimum Gasteiger partial charge on any atom is -0.492 e. The summed E-state index contributed by atoms with van der Waals surface area (Å²) in [5.41, 5.74) is 0.874. The van der Waals surface area contributed by atoms with Gasteiger partial charge in [0.15, 0.2) is 0 Å². The Labute approximate surface area is 173 Å². The van der Waals surface area contributed by atoms with Crippen LogP contribution in [-0.4, -0.2) is 63.9 Å². The Bertz CT molecular complexity index is 908. The lowest BCUT2D eigenvalue weighted by Crippen LogP contribution is -2.27. The average Bonchev–Trinajstić information content (AvgIpc) is 2.72. The average molecular weight is 420 g/mol. The number of carbonyl (C=O) groups excluding carboxylic acids is 1. The van der Waals surface area contributed by atoms with E-state index in [1.165, 1.54) is 26.2 Å². The van der Waals surface area contributed by atoms with Gasteiger partial charge in [0, 0.05) is 31.9 Å². The molecule has 158 valence electrons. The third kappa shape index (κ3) is 6.28. The van der Waals surface area contributed by atoms with E-state index in [4.69, 9.17) is 4.74 Å². The molecule has 8 heteroatoms. The molecular formula is C21H29N3O4S. The molecule has 0 bridgehead atoms. The SMILES string of the molecule is CCN(CC)CCOc1ccc(NC(=O)c2cccc(S(=O)(=O)N(C)C)c2)cc1. The van der Waals surface area contributed by atoms with E-state index < -0.39 is 10.0 Å². The summed E-state index contributed by atoms with van der Waals surface area (Å²) in [4.78, 5) is 14.9. The van der Waals surface area contributed by atoms with Crippen molar-refractivity contribution in [2.75, 3.05) is 45.7 Å². The predicted octanol–water partition coefficient (Wildman–Crippen LogP) is 2.91. The number of hydrogen-bond acceptors (Lipinski definition) is 5. The van der Waals surface area contributed by atoms with Gasteiger partial charge in [-0.2, -0.15) is 0 Å². The molecule has 2 rings (SSSR count). The van der Waals surface area contributed by atoms with E-state index in [0.717, 1.165) is 29.7 Å². The summed E-state index contributed by atoms with van der Waals surface area (Å²) in [6.45, 7) is 7.67. The lowest BCUT2D eigenvalue weighted by atomic mass is 10.2. The van der Waals surface area contributed by atoms with Crippen LogP contribution < -0.4 is 10.1 Å². The summed E-state index contributed by atoms with van der Waals surface area (Å²) >= 11 is 0. The van der Waals surface area contributed by atoms with Crippen LogP contribution in [0.2, 0.25) is 0 Å². The molecule has 0 saturated carbocycles. The number of sulfonamides is 1. The molecule has 0 aliphatic rings. The first-order chi connectivity index (χ1) is 13.8. The summed E-state index contributed by atoms with van der Waals surface area (Å²) in [5.74, 6) is 0.352. The molecule has 29 heavy (non-hydrogen) atoms. The van der Waals surface area contributed by atoms with E-state index in [2.05, 4.69) is 24.1 Å². The van der Waals surface area contributed by atoms with Gasteiger partial charge in [0.05, 0.1) is 4.90 Å². The number of nitrogens with one attached hydrogen (secondary N) is 1. The summed E-state index contributed by atoms with van der Waals surface area (Å²) in [5, 5.41) is 2.77. The van der Waals surface area contributed by atoms with Crippen LogP contribution in [0.4, 0.5) is 5.69 Å². The fourth-order valence-corrected chi connectivity index (χ4v) is 3.63. The maximum Gasteiger partial charge on any atom is 0.255 e. The van der Waals surface area contributed by atoms with E-state index in [-0.39, 0.29) is 16.4 Å².